The van der Waals surface area contributed by atoms with Gasteiger partial charge in [0.05, 0.1) is 21.1 Å². The number of nitrogens with one attached hydrogen (secondary N) is 1. The first-order valence-corrected chi connectivity index (χ1v) is 9.42. The fourth-order valence-corrected chi connectivity index (χ4v) is 3.57. The molecule has 1 N–H and O–H groups in total. The lowest BCUT2D eigenvalue weighted by Crippen LogP contribution is -2.15. The molecule has 0 fully saturated rings. The molecule has 0 bridgehead atoms. The van der Waals surface area contributed by atoms with E-state index in [1.165, 1.54) is 4.52 Å². The van der Waals surface area contributed by atoms with Gasteiger partial charge < -0.3 is 0 Å². The van der Waals surface area contributed by atoms with Crippen molar-refractivity contribution in [3.05, 3.63) is 58.7 Å². The molecule has 2 aromatic heterocycles. The zero-order valence-corrected chi connectivity index (χ0v) is 15.2. The molecule has 0 amide bonds. The van der Waals surface area contributed by atoms with E-state index in [1.807, 2.05) is 26.8 Å². The summed E-state index contributed by atoms with van der Waals surface area (Å²) in [5, 5.41) is 4.99. The lowest BCUT2D eigenvalue weighted by molar-refractivity contribution is 0.600. The Bertz CT molecular complexity index is 993. The summed E-state index contributed by atoms with van der Waals surface area (Å²) < 4.78 is 29.3. The first-order chi connectivity index (χ1) is 11.3. The molecule has 2 heterocycles. The van der Waals surface area contributed by atoms with E-state index in [4.69, 9.17) is 11.6 Å². The van der Waals surface area contributed by atoms with E-state index in [0.717, 1.165) is 11.3 Å². The van der Waals surface area contributed by atoms with Gasteiger partial charge in [0.2, 0.25) is 0 Å². The highest BCUT2D eigenvalue weighted by molar-refractivity contribution is 7.92. The summed E-state index contributed by atoms with van der Waals surface area (Å²) in [5.74, 6) is 0.560. The zero-order chi connectivity index (χ0) is 17.5. The molecule has 0 atom stereocenters. The lowest BCUT2D eigenvalue weighted by atomic mass is 10.1. The molecule has 0 aliphatic heterocycles. The molecule has 0 saturated carbocycles. The third-order valence-corrected chi connectivity index (χ3v) is 5.44. The highest BCUT2D eigenvalue weighted by atomic mass is 35.5. The smallest absolute Gasteiger partial charge is 0.263 e. The number of aromatic nitrogens is 2. The number of halogens is 1. The number of pyridine rings is 1. The maximum absolute atomic E-state index is 12.6. The molecule has 7 heteroatoms. The summed E-state index contributed by atoms with van der Waals surface area (Å²) in [5.41, 5.74) is 2.51. The van der Waals surface area contributed by atoms with Gasteiger partial charge in [0.15, 0.2) is 0 Å². The highest BCUT2D eigenvalue weighted by Gasteiger charge is 2.18. The number of rotatable bonds is 4. The molecule has 5 nitrogen and oxygen atoms in total. The van der Waals surface area contributed by atoms with E-state index in [-0.39, 0.29) is 10.8 Å². The molecule has 0 aliphatic carbocycles. The fraction of sp³-hybridized carbons (Fsp3) is 0.235. The summed E-state index contributed by atoms with van der Waals surface area (Å²) in [6.07, 6.45) is 0. The third-order valence-electron chi connectivity index (χ3n) is 3.75. The molecule has 0 radical (unpaired) electrons. The summed E-state index contributed by atoms with van der Waals surface area (Å²) in [6, 6.07) is 11.8. The lowest BCUT2D eigenvalue weighted by Gasteiger charge is -2.10. The second kappa shape index (κ2) is 6.11. The average molecular weight is 364 g/mol. The Balaban J connectivity index is 2.06. The molecule has 24 heavy (non-hydrogen) atoms. The zero-order valence-electron chi connectivity index (χ0n) is 13.6. The highest BCUT2D eigenvalue weighted by Crippen LogP contribution is 2.26. The van der Waals surface area contributed by atoms with Gasteiger partial charge in [-0.1, -0.05) is 43.1 Å². The van der Waals surface area contributed by atoms with Crippen LogP contribution in [-0.2, 0) is 10.0 Å². The van der Waals surface area contributed by atoms with Crippen LogP contribution in [0.2, 0.25) is 5.02 Å². The topological polar surface area (TPSA) is 63.5 Å². The van der Waals surface area contributed by atoms with Crippen LogP contribution < -0.4 is 4.72 Å². The maximum Gasteiger partial charge on any atom is 0.263 e. The van der Waals surface area contributed by atoms with E-state index >= 15 is 0 Å². The van der Waals surface area contributed by atoms with E-state index < -0.39 is 10.0 Å². The Morgan fingerprint density at radius 1 is 1.12 bits per heavy atom. The monoisotopic (exact) mass is 363 g/mol. The van der Waals surface area contributed by atoms with Crippen LogP contribution in [-0.4, -0.2) is 18.0 Å². The quantitative estimate of drug-likeness (QED) is 0.754. The fourth-order valence-electron chi connectivity index (χ4n) is 2.33. The summed E-state index contributed by atoms with van der Waals surface area (Å²) in [6.45, 7) is 5.95. The van der Waals surface area contributed by atoms with Gasteiger partial charge in [-0.05, 0) is 43.2 Å². The van der Waals surface area contributed by atoms with Gasteiger partial charge in [0, 0.05) is 0 Å². The molecule has 3 rings (SSSR count). The first-order valence-electron chi connectivity index (χ1n) is 7.55. The minimum Gasteiger partial charge on any atom is -0.263 e. The van der Waals surface area contributed by atoms with Crippen LogP contribution in [0.3, 0.4) is 0 Å². The number of fused-ring (bicyclic) bond motifs is 1. The molecule has 0 unspecified atom stereocenters. The van der Waals surface area contributed by atoms with Crippen molar-refractivity contribution in [3.8, 4) is 0 Å². The van der Waals surface area contributed by atoms with Gasteiger partial charge in [-0.2, -0.15) is 5.10 Å². The van der Waals surface area contributed by atoms with Gasteiger partial charge in [-0.3, -0.25) is 4.72 Å². The van der Waals surface area contributed by atoms with Crippen molar-refractivity contribution >= 4 is 33.0 Å². The number of nitrogens with zero attached hydrogens (tertiary/aromatic N) is 2. The van der Waals surface area contributed by atoms with Gasteiger partial charge in [0.1, 0.15) is 5.82 Å². The predicted molar refractivity (Wildman–Crippen MR) is 96.3 cm³/mol. The van der Waals surface area contributed by atoms with Crippen LogP contribution in [0.1, 0.15) is 31.0 Å². The second-order valence-corrected chi connectivity index (χ2v) is 8.10. The van der Waals surface area contributed by atoms with Gasteiger partial charge in [0.25, 0.3) is 10.0 Å². The maximum atomic E-state index is 12.6. The van der Waals surface area contributed by atoms with E-state index in [2.05, 4.69) is 9.82 Å². The summed E-state index contributed by atoms with van der Waals surface area (Å²) in [7, 11) is -3.70. The van der Waals surface area contributed by atoms with Gasteiger partial charge in [-0.25, -0.2) is 12.9 Å². The normalized spacial score (nSPS) is 12.0. The van der Waals surface area contributed by atoms with Crippen LogP contribution in [0, 0.1) is 6.92 Å². The molecule has 0 saturated heterocycles. The third kappa shape index (κ3) is 3.12. The Labute approximate surface area is 146 Å². The standard InChI is InChI=1S/C17H18ClN3O2S/c1-11(2)15-10-16-14(18)8-9-17(21(16)19-15)20-24(22,23)13-6-4-12(3)5-7-13/h4-11,20H,1-3H3. The number of anilines is 1. The Kier molecular flexibility index (Phi) is 4.27. The summed E-state index contributed by atoms with van der Waals surface area (Å²) >= 11 is 6.21. The number of benzene rings is 1. The van der Waals surface area contributed by atoms with E-state index in [0.29, 0.717) is 16.4 Å². The second-order valence-electron chi connectivity index (χ2n) is 6.01. The molecule has 0 spiro atoms. The summed E-state index contributed by atoms with van der Waals surface area (Å²) in [4.78, 5) is 0.201. The SMILES string of the molecule is Cc1ccc(S(=O)(=O)Nc2ccc(Cl)c3cc(C(C)C)nn23)cc1. The van der Waals surface area contributed by atoms with Crippen molar-refractivity contribution in [1.29, 1.82) is 0 Å². The van der Waals surface area contributed by atoms with Crippen molar-refractivity contribution < 1.29 is 8.42 Å². The Morgan fingerprint density at radius 2 is 1.79 bits per heavy atom. The molecular formula is C17H18ClN3O2S. The van der Waals surface area contributed by atoms with Gasteiger partial charge in [-0.15, -0.1) is 0 Å². The van der Waals surface area contributed by atoms with Crippen molar-refractivity contribution in [2.45, 2.75) is 31.6 Å². The van der Waals surface area contributed by atoms with Crippen LogP contribution in [0.25, 0.3) is 5.52 Å². The molecule has 3 aromatic rings. The van der Waals surface area contributed by atoms with E-state index in [1.54, 1.807) is 36.4 Å². The van der Waals surface area contributed by atoms with Crippen molar-refractivity contribution in [2.24, 2.45) is 0 Å². The molecule has 126 valence electrons. The van der Waals surface area contributed by atoms with Crippen molar-refractivity contribution in [1.82, 2.24) is 9.61 Å². The Morgan fingerprint density at radius 3 is 2.42 bits per heavy atom. The van der Waals surface area contributed by atoms with Gasteiger partial charge >= 0.3 is 0 Å². The number of sulfonamides is 1. The molecular weight excluding hydrogens is 346 g/mol. The molecule has 1 aromatic carbocycles. The largest absolute Gasteiger partial charge is 0.263 e. The Hall–Kier alpha value is -2.05. The molecule has 0 aliphatic rings. The van der Waals surface area contributed by atoms with Crippen LogP contribution in [0.15, 0.2) is 47.4 Å². The number of hydrogen-bond donors (Lipinski definition) is 1. The predicted octanol–water partition coefficient (Wildman–Crippen LogP) is 4.22. The number of hydrogen-bond acceptors (Lipinski definition) is 3. The first kappa shape index (κ1) is 16.8. The number of aryl methyl sites for hydroxylation is 1. The minimum absolute atomic E-state index is 0.201. The van der Waals surface area contributed by atoms with Crippen LogP contribution in [0.4, 0.5) is 5.82 Å². The average Bonchev–Trinajstić information content (AvgIpc) is 2.97. The van der Waals surface area contributed by atoms with Crippen molar-refractivity contribution in [2.75, 3.05) is 4.72 Å². The van der Waals surface area contributed by atoms with Crippen molar-refractivity contribution in [3.63, 3.8) is 0 Å². The van der Waals surface area contributed by atoms with Crippen LogP contribution >= 0.6 is 11.6 Å². The minimum atomic E-state index is -3.70. The van der Waals surface area contributed by atoms with E-state index in [9.17, 15) is 8.42 Å². The van der Waals surface area contributed by atoms with Crippen LogP contribution in [0.5, 0.6) is 0 Å².